The molecule has 0 atom stereocenters. The molecule has 0 bridgehead atoms. The first-order valence-electron chi connectivity index (χ1n) is 6.96. The van der Waals surface area contributed by atoms with Crippen molar-refractivity contribution in [2.24, 2.45) is 0 Å². The Morgan fingerprint density at radius 2 is 1.41 bits per heavy atom. The number of halogens is 3. The molecule has 0 amide bonds. The van der Waals surface area contributed by atoms with Gasteiger partial charge in [-0.15, -0.1) is 0 Å². The van der Waals surface area contributed by atoms with Crippen molar-refractivity contribution in [3.63, 3.8) is 0 Å². The molecule has 0 aliphatic carbocycles. The van der Waals surface area contributed by atoms with Gasteiger partial charge in [0.05, 0.1) is 13.6 Å². The first-order chi connectivity index (χ1) is 10.2. The van der Waals surface area contributed by atoms with Gasteiger partial charge in [-0.05, 0) is 30.3 Å². The summed E-state index contributed by atoms with van der Waals surface area (Å²) in [6, 6.07) is 13.0. The molecular weight excluding hydrogens is 301 g/mol. The summed E-state index contributed by atoms with van der Waals surface area (Å²) in [6.07, 6.45) is -4.34. The molecule has 22 heavy (non-hydrogen) atoms. The van der Waals surface area contributed by atoms with Crippen molar-refractivity contribution in [2.75, 3.05) is 0 Å². The summed E-state index contributed by atoms with van der Waals surface area (Å²) in [4.78, 5) is 0. The predicted molar refractivity (Wildman–Crippen MR) is 86.8 cm³/mol. The predicted octanol–water partition coefficient (Wildman–Crippen LogP) is 4.65. The molecule has 0 spiro atoms. The van der Waals surface area contributed by atoms with Crippen LogP contribution >= 0.6 is 0 Å². The summed E-state index contributed by atoms with van der Waals surface area (Å²) < 4.78 is 37.9. The van der Waals surface area contributed by atoms with Gasteiger partial charge in [0.2, 0.25) is 0 Å². The second-order valence-corrected chi connectivity index (χ2v) is 11.2. The molecule has 114 valence electrons. The standard InChI is InChI=1S/C18H17F3Si/c1-22(2,3)17-11-9-14(10-12-17)7-8-15-5-4-6-16(13-15)18(19,20)21/h4-6,9-13H,1-3H3. The van der Waals surface area contributed by atoms with E-state index < -0.39 is 19.8 Å². The van der Waals surface area contributed by atoms with E-state index in [9.17, 15) is 13.2 Å². The molecule has 2 aromatic rings. The van der Waals surface area contributed by atoms with Gasteiger partial charge in [0, 0.05) is 11.1 Å². The van der Waals surface area contributed by atoms with Crippen molar-refractivity contribution < 1.29 is 13.2 Å². The highest BCUT2D eigenvalue weighted by molar-refractivity contribution is 6.88. The molecule has 4 heteroatoms. The molecule has 2 aromatic carbocycles. The van der Waals surface area contributed by atoms with Crippen LogP contribution in [0.1, 0.15) is 16.7 Å². The maximum Gasteiger partial charge on any atom is 0.416 e. The molecule has 0 saturated heterocycles. The maximum atomic E-state index is 12.6. The monoisotopic (exact) mass is 318 g/mol. The highest BCUT2D eigenvalue weighted by Gasteiger charge is 2.30. The van der Waals surface area contributed by atoms with Gasteiger partial charge >= 0.3 is 6.18 Å². The third kappa shape index (κ3) is 4.25. The minimum Gasteiger partial charge on any atom is -0.166 e. The van der Waals surface area contributed by atoms with Crippen LogP contribution in [-0.2, 0) is 6.18 Å². The Kier molecular flexibility index (Phi) is 4.48. The quantitative estimate of drug-likeness (QED) is 0.530. The number of hydrogen-bond donors (Lipinski definition) is 0. The van der Waals surface area contributed by atoms with Gasteiger partial charge in [0.15, 0.2) is 0 Å². The lowest BCUT2D eigenvalue weighted by Crippen LogP contribution is -2.37. The topological polar surface area (TPSA) is 0 Å². The Labute approximate surface area is 130 Å². The van der Waals surface area contributed by atoms with Crippen LogP contribution < -0.4 is 5.19 Å². The van der Waals surface area contributed by atoms with Crippen molar-refractivity contribution in [1.29, 1.82) is 0 Å². The largest absolute Gasteiger partial charge is 0.416 e. The number of benzene rings is 2. The highest BCUT2D eigenvalue weighted by Crippen LogP contribution is 2.29. The third-order valence-electron chi connectivity index (χ3n) is 3.29. The lowest BCUT2D eigenvalue weighted by atomic mass is 10.1. The van der Waals surface area contributed by atoms with Crippen LogP contribution in [0.25, 0.3) is 0 Å². The van der Waals surface area contributed by atoms with Crippen LogP contribution in [0.4, 0.5) is 13.2 Å². The SMILES string of the molecule is C[Si](C)(C)c1ccc(C#Cc2cccc(C(F)(F)F)c2)cc1. The summed E-state index contributed by atoms with van der Waals surface area (Å²) in [5.41, 5.74) is 0.497. The Morgan fingerprint density at radius 1 is 0.818 bits per heavy atom. The Bertz CT molecular complexity index is 711. The van der Waals surface area contributed by atoms with Gasteiger partial charge in [0.25, 0.3) is 0 Å². The summed E-state index contributed by atoms with van der Waals surface area (Å²) in [5.74, 6) is 5.71. The number of hydrogen-bond acceptors (Lipinski definition) is 0. The molecule has 0 nitrogen and oxygen atoms in total. The van der Waals surface area contributed by atoms with Crippen LogP contribution in [0.5, 0.6) is 0 Å². The van der Waals surface area contributed by atoms with Crippen LogP contribution in [0.15, 0.2) is 48.5 Å². The first kappa shape index (κ1) is 16.4. The van der Waals surface area contributed by atoms with Gasteiger partial charge in [-0.3, -0.25) is 0 Å². The molecule has 0 heterocycles. The third-order valence-corrected chi connectivity index (χ3v) is 5.36. The van der Waals surface area contributed by atoms with Crippen LogP contribution in [0, 0.1) is 11.8 Å². The Hall–Kier alpha value is -1.99. The second-order valence-electron chi connectivity index (χ2n) is 6.16. The zero-order valence-corrected chi connectivity index (χ0v) is 13.8. The summed E-state index contributed by atoms with van der Waals surface area (Å²) >= 11 is 0. The fraction of sp³-hybridized carbons (Fsp3) is 0.222. The average molecular weight is 318 g/mol. The van der Waals surface area contributed by atoms with Gasteiger partial charge in [-0.2, -0.15) is 13.2 Å². The Balaban J connectivity index is 2.24. The normalized spacial score (nSPS) is 11.7. The van der Waals surface area contributed by atoms with E-state index in [-0.39, 0.29) is 0 Å². The van der Waals surface area contributed by atoms with E-state index >= 15 is 0 Å². The van der Waals surface area contributed by atoms with E-state index in [1.165, 1.54) is 11.3 Å². The number of alkyl halides is 3. The lowest BCUT2D eigenvalue weighted by Gasteiger charge is -2.15. The second kappa shape index (κ2) is 6.02. The molecule has 0 unspecified atom stereocenters. The van der Waals surface area contributed by atoms with E-state index in [4.69, 9.17) is 0 Å². The minimum atomic E-state index is -4.34. The smallest absolute Gasteiger partial charge is 0.166 e. The van der Waals surface area contributed by atoms with Gasteiger partial charge in [-0.1, -0.05) is 54.9 Å². The van der Waals surface area contributed by atoms with Gasteiger partial charge in [-0.25, -0.2) is 0 Å². The fourth-order valence-electron chi connectivity index (χ4n) is 1.97. The zero-order valence-electron chi connectivity index (χ0n) is 12.8. The number of rotatable bonds is 1. The lowest BCUT2D eigenvalue weighted by molar-refractivity contribution is -0.137. The molecule has 0 aromatic heterocycles. The first-order valence-corrected chi connectivity index (χ1v) is 10.5. The van der Waals surface area contributed by atoms with E-state index in [2.05, 4.69) is 43.6 Å². The molecule has 0 fully saturated rings. The van der Waals surface area contributed by atoms with Crippen molar-refractivity contribution in [2.45, 2.75) is 25.8 Å². The van der Waals surface area contributed by atoms with Crippen LogP contribution in [0.3, 0.4) is 0 Å². The molecule has 0 aliphatic heterocycles. The van der Waals surface area contributed by atoms with Gasteiger partial charge in [0.1, 0.15) is 0 Å². The van der Waals surface area contributed by atoms with E-state index in [0.29, 0.717) is 5.56 Å². The summed E-state index contributed by atoms with van der Waals surface area (Å²) in [6.45, 7) is 6.78. The van der Waals surface area contributed by atoms with Crippen molar-refractivity contribution in [1.82, 2.24) is 0 Å². The van der Waals surface area contributed by atoms with E-state index in [1.807, 2.05) is 12.1 Å². The molecule has 2 rings (SSSR count). The molecular formula is C18H17F3Si. The summed E-state index contributed by atoms with van der Waals surface area (Å²) in [5, 5.41) is 1.33. The molecule has 0 radical (unpaired) electrons. The van der Waals surface area contributed by atoms with Crippen molar-refractivity contribution in [3.05, 3.63) is 65.2 Å². The fourth-order valence-corrected chi connectivity index (χ4v) is 3.14. The highest BCUT2D eigenvalue weighted by atomic mass is 28.3. The van der Waals surface area contributed by atoms with Gasteiger partial charge < -0.3 is 0 Å². The molecule has 0 saturated carbocycles. The van der Waals surface area contributed by atoms with Crippen LogP contribution in [-0.4, -0.2) is 8.07 Å². The van der Waals surface area contributed by atoms with Crippen LogP contribution in [0.2, 0.25) is 19.6 Å². The maximum absolute atomic E-state index is 12.6. The van der Waals surface area contributed by atoms with Crippen molar-refractivity contribution >= 4 is 13.3 Å². The molecule has 0 N–H and O–H groups in total. The molecule has 0 aliphatic rings. The van der Waals surface area contributed by atoms with E-state index in [0.717, 1.165) is 17.7 Å². The summed E-state index contributed by atoms with van der Waals surface area (Å²) in [7, 11) is -1.34. The minimum absolute atomic E-state index is 0.365. The van der Waals surface area contributed by atoms with E-state index in [1.54, 1.807) is 6.07 Å². The zero-order chi connectivity index (χ0) is 16.4. The Morgan fingerprint density at radius 3 is 1.95 bits per heavy atom. The van der Waals surface area contributed by atoms with Crippen molar-refractivity contribution in [3.8, 4) is 11.8 Å². The average Bonchev–Trinajstić information content (AvgIpc) is 2.44.